The van der Waals surface area contributed by atoms with E-state index < -0.39 is 11.9 Å². The van der Waals surface area contributed by atoms with Gasteiger partial charge in [0.05, 0.1) is 31.5 Å². The first-order valence-corrected chi connectivity index (χ1v) is 14.5. The maximum atomic E-state index is 13.0. The molecule has 0 aromatic heterocycles. The van der Waals surface area contributed by atoms with Gasteiger partial charge in [0, 0.05) is 10.3 Å². The number of hydrogen-bond donors (Lipinski definition) is 0. The zero-order chi connectivity index (χ0) is 26.3. The van der Waals surface area contributed by atoms with Gasteiger partial charge in [0.2, 0.25) is 0 Å². The van der Waals surface area contributed by atoms with Gasteiger partial charge >= 0.3 is 5.97 Å². The summed E-state index contributed by atoms with van der Waals surface area (Å²) >= 11 is 2.34. The molecule has 2 fully saturated rings. The molecule has 1 aliphatic carbocycles. The fourth-order valence-electron chi connectivity index (χ4n) is 5.01. The van der Waals surface area contributed by atoms with E-state index in [0.29, 0.717) is 12.2 Å². The zero-order valence-corrected chi connectivity index (χ0v) is 24.0. The summed E-state index contributed by atoms with van der Waals surface area (Å²) in [5, 5.41) is 0. The summed E-state index contributed by atoms with van der Waals surface area (Å²) in [6.45, 7) is 4.37. The molecule has 0 radical (unpaired) electrons. The Balaban J connectivity index is 1.47. The Hall–Kier alpha value is -1.94. The number of ether oxygens (including phenoxy) is 5. The summed E-state index contributed by atoms with van der Waals surface area (Å²) in [5.41, 5.74) is 1.64. The molecular formula is C30H37IO6. The minimum Gasteiger partial charge on any atom is -0.497 e. The Labute approximate surface area is 233 Å². The van der Waals surface area contributed by atoms with Crippen LogP contribution < -0.4 is 4.74 Å². The molecule has 1 saturated heterocycles. The van der Waals surface area contributed by atoms with Crippen LogP contribution in [0.2, 0.25) is 0 Å². The SMILES string of the molecule is COc1ccc(CO[C@H]2CCC[C@@H]2/C=C\C(OC(=O)c2ccccc2)C2OC(C)(C)OC2CCI)cc1. The number of rotatable bonds is 11. The highest BCUT2D eigenvalue weighted by Gasteiger charge is 2.45. The molecule has 2 aliphatic rings. The van der Waals surface area contributed by atoms with E-state index in [1.807, 2.05) is 62.4 Å². The van der Waals surface area contributed by atoms with Gasteiger partial charge in [-0.25, -0.2) is 4.79 Å². The molecule has 2 aromatic carbocycles. The number of methoxy groups -OCH3 is 1. The van der Waals surface area contributed by atoms with Gasteiger partial charge in [-0.15, -0.1) is 0 Å². The van der Waals surface area contributed by atoms with Crippen molar-refractivity contribution in [2.45, 2.75) is 76.3 Å². The van der Waals surface area contributed by atoms with Crippen LogP contribution in [0, 0.1) is 5.92 Å². The van der Waals surface area contributed by atoms with E-state index in [-0.39, 0.29) is 30.2 Å². The van der Waals surface area contributed by atoms with Crippen molar-refractivity contribution >= 4 is 28.6 Å². The second-order valence-electron chi connectivity index (χ2n) is 10.0. The van der Waals surface area contributed by atoms with Gasteiger partial charge in [0.25, 0.3) is 0 Å². The standard InChI is InChI=1S/C30H37IO6/c1-30(2)36-27(18-19-31)28(37-30)26(35-29(32)23-8-5-4-6-9-23)17-14-22-10-7-11-25(22)34-20-21-12-15-24(33-3)16-13-21/h4-6,8-9,12-17,22,25-28H,7,10-11,18-20H2,1-3H3/b17-14-/t22-,25+,26?,27?,28?/m1/s1. The van der Waals surface area contributed by atoms with E-state index in [2.05, 4.69) is 28.7 Å². The topological polar surface area (TPSA) is 63.2 Å². The van der Waals surface area contributed by atoms with Crippen LogP contribution in [0.4, 0.5) is 0 Å². The lowest BCUT2D eigenvalue weighted by atomic mass is 10.0. The Morgan fingerprint density at radius 2 is 1.86 bits per heavy atom. The van der Waals surface area contributed by atoms with E-state index in [1.54, 1.807) is 19.2 Å². The molecule has 4 rings (SSSR count). The van der Waals surface area contributed by atoms with Crippen LogP contribution in [0.5, 0.6) is 5.75 Å². The average molecular weight is 621 g/mol. The van der Waals surface area contributed by atoms with Crippen LogP contribution in [0.25, 0.3) is 0 Å². The Morgan fingerprint density at radius 1 is 1.11 bits per heavy atom. The van der Waals surface area contributed by atoms with Crippen molar-refractivity contribution in [1.29, 1.82) is 0 Å². The van der Waals surface area contributed by atoms with Crippen molar-refractivity contribution in [3.05, 3.63) is 77.9 Å². The summed E-state index contributed by atoms with van der Waals surface area (Å²) in [4.78, 5) is 13.0. The van der Waals surface area contributed by atoms with Crippen molar-refractivity contribution < 1.29 is 28.5 Å². The summed E-state index contributed by atoms with van der Waals surface area (Å²) in [6, 6.07) is 17.1. The quantitative estimate of drug-likeness (QED) is 0.124. The summed E-state index contributed by atoms with van der Waals surface area (Å²) in [5.74, 6) is -0.0160. The van der Waals surface area contributed by atoms with Crippen molar-refractivity contribution in [3.8, 4) is 5.75 Å². The molecule has 1 heterocycles. The zero-order valence-electron chi connectivity index (χ0n) is 21.8. The fraction of sp³-hybridized carbons (Fsp3) is 0.500. The van der Waals surface area contributed by atoms with E-state index in [1.165, 1.54) is 0 Å². The van der Waals surface area contributed by atoms with Crippen LogP contribution in [-0.2, 0) is 25.6 Å². The molecular weight excluding hydrogens is 583 g/mol. The molecule has 0 spiro atoms. The minimum atomic E-state index is -0.732. The molecule has 1 saturated carbocycles. The molecule has 1 aliphatic heterocycles. The molecule has 3 unspecified atom stereocenters. The molecule has 5 atom stereocenters. The Bertz CT molecular complexity index is 1020. The largest absolute Gasteiger partial charge is 0.497 e. The fourth-order valence-corrected chi connectivity index (χ4v) is 5.63. The number of hydrogen-bond acceptors (Lipinski definition) is 6. The summed E-state index contributed by atoms with van der Waals surface area (Å²) in [7, 11) is 1.67. The van der Waals surface area contributed by atoms with Crippen molar-refractivity contribution in [2.75, 3.05) is 11.5 Å². The second-order valence-corrected chi connectivity index (χ2v) is 11.1. The predicted molar refractivity (Wildman–Crippen MR) is 151 cm³/mol. The molecule has 0 N–H and O–H groups in total. The van der Waals surface area contributed by atoms with Crippen LogP contribution in [-0.4, -0.2) is 47.7 Å². The summed E-state index contributed by atoms with van der Waals surface area (Å²) in [6.07, 6.45) is 7.13. The Morgan fingerprint density at radius 3 is 2.57 bits per heavy atom. The number of halogens is 1. The van der Waals surface area contributed by atoms with Crippen molar-refractivity contribution in [2.24, 2.45) is 5.92 Å². The average Bonchev–Trinajstić information content (AvgIpc) is 3.48. The molecule has 7 heteroatoms. The van der Waals surface area contributed by atoms with E-state index in [4.69, 9.17) is 23.7 Å². The van der Waals surface area contributed by atoms with Gasteiger partial charge in [0.15, 0.2) is 5.79 Å². The predicted octanol–water partition coefficient (Wildman–Crippen LogP) is 6.51. The van der Waals surface area contributed by atoms with Gasteiger partial charge in [-0.2, -0.15) is 0 Å². The highest BCUT2D eigenvalue weighted by molar-refractivity contribution is 14.1. The maximum absolute atomic E-state index is 13.0. The number of carbonyl (C=O) groups excluding carboxylic acids is 1. The lowest BCUT2D eigenvalue weighted by Crippen LogP contribution is -2.38. The molecule has 2 aromatic rings. The van der Waals surface area contributed by atoms with Gasteiger partial charge in [-0.05, 0) is 69.0 Å². The lowest BCUT2D eigenvalue weighted by Gasteiger charge is -2.25. The third kappa shape index (κ3) is 7.78. The highest BCUT2D eigenvalue weighted by atomic mass is 127. The van der Waals surface area contributed by atoms with Crippen LogP contribution >= 0.6 is 22.6 Å². The first kappa shape index (κ1) is 28.1. The van der Waals surface area contributed by atoms with Gasteiger partial charge in [0.1, 0.15) is 18.0 Å². The second kappa shape index (κ2) is 13.2. The third-order valence-corrected chi connectivity index (χ3v) is 7.49. The monoisotopic (exact) mass is 620 g/mol. The third-order valence-electron chi connectivity index (χ3n) is 6.87. The van der Waals surface area contributed by atoms with Crippen LogP contribution in [0.15, 0.2) is 66.7 Å². The minimum absolute atomic E-state index is 0.117. The van der Waals surface area contributed by atoms with E-state index in [0.717, 1.165) is 41.4 Å². The van der Waals surface area contributed by atoms with Gasteiger partial charge in [-0.1, -0.05) is 65.4 Å². The van der Waals surface area contributed by atoms with Gasteiger partial charge < -0.3 is 23.7 Å². The lowest BCUT2D eigenvalue weighted by molar-refractivity contribution is -0.153. The molecule has 0 bridgehead atoms. The number of carbonyl (C=O) groups is 1. The number of alkyl halides is 1. The van der Waals surface area contributed by atoms with Crippen LogP contribution in [0.1, 0.15) is 55.5 Å². The number of esters is 1. The first-order valence-electron chi connectivity index (χ1n) is 13.0. The van der Waals surface area contributed by atoms with Crippen molar-refractivity contribution in [3.63, 3.8) is 0 Å². The normalized spacial score (nSPS) is 25.8. The van der Waals surface area contributed by atoms with E-state index >= 15 is 0 Å². The van der Waals surface area contributed by atoms with E-state index in [9.17, 15) is 4.79 Å². The smallest absolute Gasteiger partial charge is 0.338 e. The first-order chi connectivity index (χ1) is 17.9. The molecule has 37 heavy (non-hydrogen) atoms. The summed E-state index contributed by atoms with van der Waals surface area (Å²) < 4.78 is 31.0. The maximum Gasteiger partial charge on any atom is 0.338 e. The molecule has 6 nitrogen and oxygen atoms in total. The molecule has 200 valence electrons. The van der Waals surface area contributed by atoms with Crippen LogP contribution in [0.3, 0.4) is 0 Å². The Kier molecular flexibility index (Phi) is 10.0. The van der Waals surface area contributed by atoms with Crippen molar-refractivity contribution in [1.82, 2.24) is 0 Å². The highest BCUT2D eigenvalue weighted by Crippen LogP contribution is 2.35. The van der Waals surface area contributed by atoms with Gasteiger partial charge in [-0.3, -0.25) is 0 Å². The molecule has 0 amide bonds. The number of benzene rings is 2.